The van der Waals surface area contributed by atoms with E-state index in [1.54, 1.807) is 0 Å². The van der Waals surface area contributed by atoms with Crippen molar-refractivity contribution >= 4 is 43.6 Å². The van der Waals surface area contributed by atoms with Gasteiger partial charge in [-0.1, -0.05) is 126 Å². The summed E-state index contributed by atoms with van der Waals surface area (Å²) in [4.78, 5) is 0. The number of alkyl halides is 6. The smallest absolute Gasteiger partial charge is 0.307 e. The Balaban J connectivity index is 1.39. The molecule has 3 nitrogen and oxygen atoms in total. The van der Waals surface area contributed by atoms with Crippen LogP contribution in [-0.2, 0) is 12.4 Å². The first-order valence-electron chi connectivity index (χ1n) is 19.9. The maximum atomic E-state index is 15.0. The van der Waals surface area contributed by atoms with Crippen molar-refractivity contribution in [1.29, 1.82) is 5.26 Å². The van der Waals surface area contributed by atoms with Gasteiger partial charge in [-0.05, 0) is 84.6 Å². The number of nitriles is 1. The molecule has 0 N–H and O–H groups in total. The van der Waals surface area contributed by atoms with Crippen LogP contribution in [0.4, 0.5) is 26.3 Å². The highest BCUT2D eigenvalue weighted by molar-refractivity contribution is 6.13. The van der Waals surface area contributed by atoms with E-state index in [0.717, 1.165) is 72.0 Å². The van der Waals surface area contributed by atoms with E-state index in [2.05, 4.69) is 0 Å². The molecule has 0 aliphatic rings. The number of aryl methyl sites for hydroxylation is 2. The molecule has 0 bridgehead atoms. The van der Waals surface area contributed by atoms with Crippen molar-refractivity contribution in [3.05, 3.63) is 192 Å². The van der Waals surface area contributed by atoms with Crippen molar-refractivity contribution in [2.45, 2.75) is 26.2 Å². The van der Waals surface area contributed by atoms with Crippen molar-refractivity contribution in [2.24, 2.45) is 0 Å². The van der Waals surface area contributed by atoms with Crippen LogP contribution in [0.1, 0.15) is 27.8 Å². The van der Waals surface area contributed by atoms with Crippen LogP contribution in [0.2, 0.25) is 0 Å². The minimum absolute atomic E-state index is 0.278. The fourth-order valence-corrected chi connectivity index (χ4v) is 8.86. The Morgan fingerprint density at radius 1 is 0.419 bits per heavy atom. The Labute approximate surface area is 351 Å². The number of rotatable bonds is 5. The Morgan fingerprint density at radius 2 is 0.823 bits per heavy atom. The third-order valence-electron chi connectivity index (χ3n) is 11.8. The van der Waals surface area contributed by atoms with Gasteiger partial charge in [0.15, 0.2) is 0 Å². The van der Waals surface area contributed by atoms with Gasteiger partial charge in [-0.2, -0.15) is 31.6 Å². The van der Waals surface area contributed by atoms with Gasteiger partial charge in [0.25, 0.3) is 0 Å². The lowest BCUT2D eigenvalue weighted by atomic mass is 9.89. The molecule has 0 amide bonds. The van der Waals surface area contributed by atoms with Gasteiger partial charge in [0, 0.05) is 32.7 Å². The van der Waals surface area contributed by atoms with Crippen molar-refractivity contribution < 1.29 is 26.3 Å². The van der Waals surface area contributed by atoms with Crippen molar-refractivity contribution in [2.75, 3.05) is 0 Å². The normalized spacial score (nSPS) is 12.2. The molecule has 302 valence electrons. The minimum atomic E-state index is -5.18. The molecule has 2 aromatic heterocycles. The van der Waals surface area contributed by atoms with Crippen LogP contribution in [0, 0.1) is 25.2 Å². The van der Waals surface area contributed by atoms with E-state index in [1.807, 2.05) is 163 Å². The SMILES string of the molecule is Cc1ccc(-c2ccc3c4ccccc4n(-c4cc(C#N)c(-c5c(C(F)(F)F)cccc5C(F)(F)F)cc4-n4c5ccccc5c5ccc(-c6ccc(C)cc6)cc54)c3c2)cc1. The molecule has 62 heavy (non-hydrogen) atoms. The molecule has 0 fully saturated rings. The zero-order chi connectivity index (χ0) is 43.1. The van der Waals surface area contributed by atoms with Crippen LogP contribution < -0.4 is 0 Å². The van der Waals surface area contributed by atoms with Crippen LogP contribution in [0.5, 0.6) is 0 Å². The lowest BCUT2D eigenvalue weighted by Crippen LogP contribution is -2.15. The number of para-hydroxylation sites is 2. The van der Waals surface area contributed by atoms with Crippen LogP contribution in [0.15, 0.2) is 164 Å². The molecule has 10 aromatic rings. The first-order chi connectivity index (χ1) is 29.8. The highest BCUT2D eigenvalue weighted by atomic mass is 19.4. The molecule has 0 aliphatic heterocycles. The van der Waals surface area contributed by atoms with Gasteiger partial charge < -0.3 is 9.13 Å². The zero-order valence-corrected chi connectivity index (χ0v) is 33.2. The van der Waals surface area contributed by atoms with Gasteiger partial charge in [-0.3, -0.25) is 0 Å². The minimum Gasteiger partial charge on any atom is -0.307 e. The Hall–Kier alpha value is -7.57. The van der Waals surface area contributed by atoms with Gasteiger partial charge in [0.05, 0.1) is 56.2 Å². The second kappa shape index (κ2) is 14.3. The van der Waals surface area contributed by atoms with E-state index in [9.17, 15) is 31.6 Å². The summed E-state index contributed by atoms with van der Waals surface area (Å²) in [6, 6.07) is 50.2. The molecule has 10 rings (SSSR count). The first kappa shape index (κ1) is 38.6. The topological polar surface area (TPSA) is 33.6 Å². The quantitative estimate of drug-likeness (QED) is 0.159. The fraction of sp³-hybridized carbons (Fsp3) is 0.0755. The third-order valence-corrected chi connectivity index (χ3v) is 11.8. The Morgan fingerprint density at radius 3 is 1.26 bits per heavy atom. The molecule has 9 heteroatoms. The number of hydrogen-bond donors (Lipinski definition) is 0. The van der Waals surface area contributed by atoms with E-state index in [4.69, 9.17) is 0 Å². The summed E-state index contributed by atoms with van der Waals surface area (Å²) in [7, 11) is 0. The van der Waals surface area contributed by atoms with Gasteiger partial charge in [0.2, 0.25) is 0 Å². The van der Waals surface area contributed by atoms with Crippen molar-refractivity contribution in [3.63, 3.8) is 0 Å². The molecule has 0 saturated heterocycles. The van der Waals surface area contributed by atoms with E-state index >= 15 is 0 Å². The number of nitrogens with zero attached hydrogens (tertiary/aromatic N) is 3. The lowest BCUT2D eigenvalue weighted by molar-refractivity contribution is -0.142. The maximum absolute atomic E-state index is 15.0. The zero-order valence-electron chi connectivity index (χ0n) is 33.2. The van der Waals surface area contributed by atoms with Crippen LogP contribution in [0.25, 0.3) is 88.4 Å². The summed E-state index contributed by atoms with van der Waals surface area (Å²) in [5, 5.41) is 14.2. The van der Waals surface area contributed by atoms with Crippen LogP contribution >= 0.6 is 0 Å². The van der Waals surface area contributed by atoms with Crippen LogP contribution in [0.3, 0.4) is 0 Å². The predicted molar refractivity (Wildman–Crippen MR) is 236 cm³/mol. The fourth-order valence-electron chi connectivity index (χ4n) is 8.86. The van der Waals surface area contributed by atoms with Crippen molar-refractivity contribution in [1.82, 2.24) is 9.13 Å². The molecule has 0 unspecified atom stereocenters. The number of benzene rings is 8. The monoisotopic (exact) mass is 825 g/mol. The summed E-state index contributed by atoms with van der Waals surface area (Å²) < 4.78 is 93.6. The molecular weight excluding hydrogens is 793 g/mol. The molecule has 0 saturated carbocycles. The molecule has 8 aromatic carbocycles. The summed E-state index contributed by atoms with van der Waals surface area (Å²) in [6.45, 7) is 4.00. The van der Waals surface area contributed by atoms with Gasteiger partial charge in [-0.25, -0.2) is 0 Å². The van der Waals surface area contributed by atoms with E-state index in [1.165, 1.54) is 12.1 Å². The summed E-state index contributed by atoms with van der Waals surface area (Å²) >= 11 is 0. The molecule has 0 radical (unpaired) electrons. The van der Waals surface area contributed by atoms with Gasteiger partial charge >= 0.3 is 12.4 Å². The van der Waals surface area contributed by atoms with Gasteiger partial charge in [-0.15, -0.1) is 0 Å². The van der Waals surface area contributed by atoms with Gasteiger partial charge in [0.1, 0.15) is 0 Å². The average molecular weight is 826 g/mol. The lowest BCUT2D eigenvalue weighted by Gasteiger charge is -2.23. The predicted octanol–water partition coefficient (Wildman–Crippen LogP) is 15.4. The highest BCUT2D eigenvalue weighted by Crippen LogP contribution is 2.48. The Bertz CT molecular complexity index is 3420. The highest BCUT2D eigenvalue weighted by Gasteiger charge is 2.42. The second-order valence-corrected chi connectivity index (χ2v) is 15.6. The standard InChI is InChI=1S/C53H33F6N3/c1-31-14-18-33(19-15-31)35-22-24-40-38-8-3-5-12-45(38)61(47(40)26-35)49-28-37(30-60)42(51-43(52(54,55)56)10-7-11-44(51)53(57,58)59)29-50(49)62-46-13-6-4-9-39(46)41-25-23-36(27-48(41)62)34-20-16-32(2)17-21-34/h3-29H,1-2H3. The maximum Gasteiger partial charge on any atom is 0.417 e. The summed E-state index contributed by atoms with van der Waals surface area (Å²) in [5.41, 5.74) is 4.33. The summed E-state index contributed by atoms with van der Waals surface area (Å²) in [6.07, 6.45) is -10.4. The molecule has 0 aliphatic carbocycles. The number of aromatic nitrogens is 2. The number of hydrogen-bond acceptors (Lipinski definition) is 1. The molecular formula is C53H33F6N3. The average Bonchev–Trinajstić information content (AvgIpc) is 3.77. The molecule has 2 heterocycles. The Kier molecular flexibility index (Phi) is 8.89. The second-order valence-electron chi connectivity index (χ2n) is 15.6. The van der Waals surface area contributed by atoms with E-state index in [-0.39, 0.29) is 11.3 Å². The third kappa shape index (κ3) is 6.29. The molecule has 0 spiro atoms. The van der Waals surface area contributed by atoms with Crippen LogP contribution in [-0.4, -0.2) is 9.13 Å². The number of halogens is 6. The first-order valence-corrected chi connectivity index (χ1v) is 19.9. The summed E-state index contributed by atoms with van der Waals surface area (Å²) in [5.74, 6) is 0. The largest absolute Gasteiger partial charge is 0.417 e. The van der Waals surface area contributed by atoms with Crippen molar-refractivity contribution in [3.8, 4) is 50.8 Å². The van der Waals surface area contributed by atoms with E-state index in [0.29, 0.717) is 28.9 Å². The number of fused-ring (bicyclic) bond motifs is 6. The molecule has 0 atom stereocenters. The van der Waals surface area contributed by atoms with E-state index < -0.39 is 34.6 Å².